The summed E-state index contributed by atoms with van der Waals surface area (Å²) in [6.45, 7) is 4.44. The number of anilines is 1. The molecule has 22 heavy (non-hydrogen) atoms. The lowest BCUT2D eigenvalue weighted by atomic mass is 10.1. The maximum atomic E-state index is 10.4. The Kier molecular flexibility index (Phi) is 4.98. The second-order valence-corrected chi connectivity index (χ2v) is 5.62. The Morgan fingerprint density at radius 1 is 0.955 bits per heavy atom. The van der Waals surface area contributed by atoms with Crippen LogP contribution in [0.15, 0.2) is 48.8 Å². The van der Waals surface area contributed by atoms with Gasteiger partial charge in [-0.05, 0) is 18.1 Å². The summed E-state index contributed by atoms with van der Waals surface area (Å²) in [5.74, 6) is 0.799. The van der Waals surface area contributed by atoms with Gasteiger partial charge < -0.3 is 10.0 Å². The third-order valence-corrected chi connectivity index (χ3v) is 4.04. The fraction of sp³-hybridized carbons (Fsp3) is 0.412. The number of hydrogen-bond donors (Lipinski definition) is 1. The lowest BCUT2D eigenvalue weighted by Gasteiger charge is -2.24. The summed E-state index contributed by atoms with van der Waals surface area (Å²) in [5, 5.41) is 10.4. The summed E-state index contributed by atoms with van der Waals surface area (Å²) in [6.07, 6.45) is 4.19. The van der Waals surface area contributed by atoms with Crippen molar-refractivity contribution in [1.82, 2.24) is 14.9 Å². The minimum absolute atomic E-state index is 0.430. The van der Waals surface area contributed by atoms with E-state index in [1.54, 1.807) is 12.4 Å². The molecular formula is C17H22N4O. The van der Waals surface area contributed by atoms with Gasteiger partial charge in [0.15, 0.2) is 0 Å². The van der Waals surface area contributed by atoms with E-state index in [-0.39, 0.29) is 0 Å². The lowest BCUT2D eigenvalue weighted by molar-refractivity contribution is 0.117. The molecule has 5 nitrogen and oxygen atoms in total. The molecule has 1 aromatic heterocycles. The van der Waals surface area contributed by atoms with Crippen molar-refractivity contribution in [3.05, 3.63) is 54.4 Å². The van der Waals surface area contributed by atoms with Gasteiger partial charge in [-0.1, -0.05) is 30.3 Å². The summed E-state index contributed by atoms with van der Waals surface area (Å²) in [4.78, 5) is 13.2. The first-order chi connectivity index (χ1) is 10.8. The zero-order chi connectivity index (χ0) is 15.2. The highest BCUT2D eigenvalue weighted by Gasteiger charge is 2.19. The van der Waals surface area contributed by atoms with Gasteiger partial charge in [0.25, 0.3) is 0 Å². The van der Waals surface area contributed by atoms with E-state index < -0.39 is 6.10 Å². The summed E-state index contributed by atoms with van der Waals surface area (Å²) >= 11 is 0. The van der Waals surface area contributed by atoms with Crippen LogP contribution in [-0.4, -0.2) is 52.7 Å². The van der Waals surface area contributed by atoms with Crippen LogP contribution < -0.4 is 4.90 Å². The number of β-amino-alcohol motifs (C(OH)–C–C–N with tert-alkyl or cyclic N) is 1. The van der Waals surface area contributed by atoms with Crippen molar-refractivity contribution in [3.8, 4) is 0 Å². The molecule has 0 spiro atoms. The minimum atomic E-state index is -0.430. The fourth-order valence-electron chi connectivity index (χ4n) is 2.83. The van der Waals surface area contributed by atoms with Crippen molar-refractivity contribution in [2.24, 2.45) is 0 Å². The first kappa shape index (κ1) is 14.9. The van der Waals surface area contributed by atoms with Gasteiger partial charge in [0.05, 0.1) is 6.10 Å². The Morgan fingerprint density at radius 2 is 1.73 bits per heavy atom. The molecule has 1 aliphatic heterocycles. The molecule has 1 atom stereocenters. The van der Waals surface area contributed by atoms with Gasteiger partial charge in [-0.3, -0.25) is 4.90 Å². The van der Waals surface area contributed by atoms with E-state index in [9.17, 15) is 5.11 Å². The molecule has 1 saturated heterocycles. The highest BCUT2D eigenvalue weighted by Crippen LogP contribution is 2.16. The molecular weight excluding hydrogens is 276 g/mol. The number of aromatic nitrogens is 2. The number of benzene rings is 1. The zero-order valence-corrected chi connectivity index (χ0v) is 12.7. The summed E-state index contributed by atoms with van der Waals surface area (Å²) in [7, 11) is 0. The molecule has 116 valence electrons. The van der Waals surface area contributed by atoms with Crippen molar-refractivity contribution >= 4 is 5.95 Å². The Bertz CT molecular complexity index is 563. The predicted octanol–water partition coefficient (Wildman–Crippen LogP) is 1.72. The van der Waals surface area contributed by atoms with E-state index in [4.69, 9.17) is 0 Å². The number of aliphatic hydroxyl groups excluding tert-OH is 1. The molecule has 1 N–H and O–H groups in total. The van der Waals surface area contributed by atoms with Crippen molar-refractivity contribution in [2.45, 2.75) is 12.5 Å². The maximum absolute atomic E-state index is 10.4. The first-order valence-electron chi connectivity index (χ1n) is 7.80. The monoisotopic (exact) mass is 298 g/mol. The highest BCUT2D eigenvalue weighted by molar-refractivity contribution is 5.28. The van der Waals surface area contributed by atoms with Crippen molar-refractivity contribution in [1.29, 1.82) is 0 Å². The maximum Gasteiger partial charge on any atom is 0.225 e. The number of rotatable bonds is 4. The van der Waals surface area contributed by atoms with Crippen LogP contribution >= 0.6 is 0 Å². The van der Waals surface area contributed by atoms with Gasteiger partial charge in [-0.25, -0.2) is 9.97 Å². The molecule has 1 fully saturated rings. The van der Waals surface area contributed by atoms with Gasteiger partial charge in [0, 0.05) is 45.1 Å². The molecule has 0 radical (unpaired) electrons. The van der Waals surface area contributed by atoms with Crippen LogP contribution in [0.4, 0.5) is 5.95 Å². The molecule has 5 heteroatoms. The van der Waals surface area contributed by atoms with Gasteiger partial charge in [0.1, 0.15) is 0 Å². The van der Waals surface area contributed by atoms with Gasteiger partial charge in [-0.2, -0.15) is 0 Å². The largest absolute Gasteiger partial charge is 0.387 e. The Balaban J connectivity index is 1.57. The minimum Gasteiger partial charge on any atom is -0.387 e. The summed E-state index contributed by atoms with van der Waals surface area (Å²) < 4.78 is 0. The Morgan fingerprint density at radius 3 is 2.50 bits per heavy atom. The van der Waals surface area contributed by atoms with Crippen LogP contribution in [0, 0.1) is 0 Å². The quantitative estimate of drug-likeness (QED) is 0.931. The molecule has 2 aromatic rings. The van der Waals surface area contributed by atoms with E-state index >= 15 is 0 Å². The third-order valence-electron chi connectivity index (χ3n) is 4.04. The van der Waals surface area contributed by atoms with Crippen LogP contribution in [0.25, 0.3) is 0 Å². The van der Waals surface area contributed by atoms with E-state index in [1.807, 2.05) is 36.4 Å². The van der Waals surface area contributed by atoms with E-state index in [0.717, 1.165) is 44.1 Å². The molecule has 0 aliphatic carbocycles. The molecule has 1 aliphatic rings. The Hall–Kier alpha value is -1.98. The van der Waals surface area contributed by atoms with Crippen molar-refractivity contribution in [2.75, 3.05) is 37.6 Å². The lowest BCUT2D eigenvalue weighted by Crippen LogP contribution is -2.34. The second-order valence-electron chi connectivity index (χ2n) is 5.62. The van der Waals surface area contributed by atoms with Crippen LogP contribution in [0.3, 0.4) is 0 Å². The van der Waals surface area contributed by atoms with E-state index in [0.29, 0.717) is 6.54 Å². The molecule has 1 aromatic carbocycles. The first-order valence-corrected chi connectivity index (χ1v) is 7.80. The normalized spacial score (nSPS) is 18.0. The van der Waals surface area contributed by atoms with Crippen LogP contribution in [0.5, 0.6) is 0 Å². The van der Waals surface area contributed by atoms with Crippen molar-refractivity contribution in [3.63, 3.8) is 0 Å². The van der Waals surface area contributed by atoms with Crippen molar-refractivity contribution < 1.29 is 5.11 Å². The SMILES string of the molecule is O[C@@H](CN1CCCN(c2ncccn2)CC1)c1ccccc1. The summed E-state index contributed by atoms with van der Waals surface area (Å²) in [5.41, 5.74) is 0.981. The number of nitrogens with zero attached hydrogens (tertiary/aromatic N) is 4. The topological polar surface area (TPSA) is 52.5 Å². The highest BCUT2D eigenvalue weighted by atomic mass is 16.3. The second kappa shape index (κ2) is 7.33. The fourth-order valence-corrected chi connectivity index (χ4v) is 2.83. The smallest absolute Gasteiger partial charge is 0.225 e. The summed E-state index contributed by atoms with van der Waals surface area (Å²) in [6, 6.07) is 11.7. The van der Waals surface area contributed by atoms with Crippen LogP contribution in [0.2, 0.25) is 0 Å². The molecule has 0 bridgehead atoms. The van der Waals surface area contributed by atoms with Gasteiger partial charge >= 0.3 is 0 Å². The van der Waals surface area contributed by atoms with Crippen LogP contribution in [0.1, 0.15) is 18.1 Å². The molecule has 0 amide bonds. The average Bonchev–Trinajstić information content (AvgIpc) is 2.82. The van der Waals surface area contributed by atoms with Gasteiger partial charge in [-0.15, -0.1) is 0 Å². The number of aliphatic hydroxyl groups is 1. The zero-order valence-electron chi connectivity index (χ0n) is 12.7. The predicted molar refractivity (Wildman–Crippen MR) is 86.7 cm³/mol. The van der Waals surface area contributed by atoms with E-state index in [1.165, 1.54) is 0 Å². The standard InChI is InChI=1S/C17H22N4O/c22-16(15-6-2-1-3-7-15)14-20-10-5-11-21(13-12-20)17-18-8-4-9-19-17/h1-4,6-9,16,22H,5,10-14H2/t16-/m0/s1. The molecule has 0 saturated carbocycles. The van der Waals surface area contributed by atoms with E-state index in [2.05, 4.69) is 19.8 Å². The molecule has 3 rings (SSSR count). The average molecular weight is 298 g/mol. The number of hydrogen-bond acceptors (Lipinski definition) is 5. The molecule has 0 unspecified atom stereocenters. The Labute approximate surface area is 131 Å². The third kappa shape index (κ3) is 3.81. The van der Waals surface area contributed by atoms with Gasteiger partial charge in [0.2, 0.25) is 5.95 Å². The molecule has 2 heterocycles. The van der Waals surface area contributed by atoms with Crippen LogP contribution in [-0.2, 0) is 0 Å².